The van der Waals surface area contributed by atoms with Crippen molar-refractivity contribution in [3.05, 3.63) is 29.8 Å². The largest absolute Gasteiger partial charge is 0.480 e. The van der Waals surface area contributed by atoms with E-state index in [2.05, 4.69) is 22.9 Å². The first-order chi connectivity index (χ1) is 8.00. The molecule has 6 nitrogen and oxygen atoms in total. The highest BCUT2D eigenvalue weighted by atomic mass is 32.1. The molecule has 0 aliphatic carbocycles. The second-order valence-corrected chi connectivity index (χ2v) is 3.55. The number of benzene rings is 1. The highest BCUT2D eigenvalue weighted by Gasteiger charge is 2.11. The molecule has 0 saturated heterocycles. The maximum Gasteiger partial charge on any atom is 0.322 e. The van der Waals surface area contributed by atoms with Crippen molar-refractivity contribution in [1.82, 2.24) is 5.32 Å². The van der Waals surface area contributed by atoms with Crippen LogP contribution in [0.15, 0.2) is 24.3 Å². The molecule has 90 valence electrons. The summed E-state index contributed by atoms with van der Waals surface area (Å²) in [6.07, 6.45) is 0. The van der Waals surface area contributed by atoms with Crippen LogP contribution in [0.3, 0.4) is 0 Å². The molecular weight excluding hydrogens is 242 g/mol. The van der Waals surface area contributed by atoms with E-state index >= 15 is 0 Å². The molecule has 0 aliphatic rings. The van der Waals surface area contributed by atoms with Gasteiger partial charge in [-0.2, -0.15) is 0 Å². The number of carbonyl (C=O) groups excluding carboxylic acids is 1. The minimum absolute atomic E-state index is 0.0310. The van der Waals surface area contributed by atoms with E-state index in [0.717, 1.165) is 0 Å². The predicted molar refractivity (Wildman–Crippen MR) is 66.8 cm³/mol. The van der Waals surface area contributed by atoms with Crippen LogP contribution < -0.4 is 16.4 Å². The lowest BCUT2D eigenvalue weighted by molar-refractivity contribution is -0.135. The molecule has 7 heteroatoms. The van der Waals surface area contributed by atoms with Crippen molar-refractivity contribution < 1.29 is 14.7 Å². The van der Waals surface area contributed by atoms with Gasteiger partial charge in [0.25, 0.3) is 5.91 Å². The van der Waals surface area contributed by atoms with Gasteiger partial charge < -0.3 is 21.5 Å². The number of anilines is 1. The van der Waals surface area contributed by atoms with E-state index in [9.17, 15) is 9.59 Å². The highest BCUT2D eigenvalue weighted by Crippen LogP contribution is 2.14. The van der Waals surface area contributed by atoms with Crippen molar-refractivity contribution in [3.63, 3.8) is 0 Å². The summed E-state index contributed by atoms with van der Waals surface area (Å²) in [6.45, 7) is -0.444. The molecule has 0 bridgehead atoms. The first-order valence-corrected chi connectivity index (χ1v) is 5.07. The summed E-state index contributed by atoms with van der Waals surface area (Å²) in [5.41, 5.74) is 6.02. The number of hydrogen-bond acceptors (Lipinski definition) is 3. The average molecular weight is 253 g/mol. The van der Waals surface area contributed by atoms with Crippen molar-refractivity contribution in [2.75, 3.05) is 11.9 Å². The molecule has 1 aromatic carbocycles. The van der Waals surface area contributed by atoms with Gasteiger partial charge in [-0.15, -0.1) is 0 Å². The molecule has 0 saturated carbocycles. The number of amides is 1. The summed E-state index contributed by atoms with van der Waals surface area (Å²) in [7, 11) is 0. The fourth-order valence-corrected chi connectivity index (χ4v) is 1.28. The summed E-state index contributed by atoms with van der Waals surface area (Å²) in [5.74, 6) is -1.62. The van der Waals surface area contributed by atoms with E-state index < -0.39 is 18.4 Å². The van der Waals surface area contributed by atoms with Gasteiger partial charge in [0.2, 0.25) is 0 Å². The molecular formula is C10H11N3O3S. The minimum Gasteiger partial charge on any atom is -0.480 e. The third-order valence-corrected chi connectivity index (χ3v) is 1.93. The van der Waals surface area contributed by atoms with Crippen molar-refractivity contribution >= 4 is 34.9 Å². The van der Waals surface area contributed by atoms with Gasteiger partial charge in [-0.1, -0.05) is 12.1 Å². The number of carboxylic acids is 1. The van der Waals surface area contributed by atoms with E-state index in [1.54, 1.807) is 18.2 Å². The fraction of sp³-hybridized carbons (Fsp3) is 0.100. The molecule has 0 fully saturated rings. The van der Waals surface area contributed by atoms with Gasteiger partial charge in [-0.3, -0.25) is 9.59 Å². The van der Waals surface area contributed by atoms with Crippen LogP contribution >= 0.6 is 12.2 Å². The number of para-hydroxylation sites is 1. The Morgan fingerprint density at radius 1 is 1.35 bits per heavy atom. The molecule has 0 heterocycles. The maximum absolute atomic E-state index is 11.7. The number of nitrogens with two attached hydrogens (primary N) is 1. The number of thiocarbonyl (C=S) groups is 1. The number of rotatable bonds is 4. The Hall–Kier alpha value is -2.15. The van der Waals surface area contributed by atoms with Crippen LogP contribution in [0.4, 0.5) is 5.69 Å². The van der Waals surface area contributed by atoms with Gasteiger partial charge in [0.15, 0.2) is 5.11 Å². The van der Waals surface area contributed by atoms with E-state index in [-0.39, 0.29) is 10.7 Å². The third kappa shape index (κ3) is 4.07. The summed E-state index contributed by atoms with van der Waals surface area (Å²) in [5, 5.41) is 13.4. The Balaban J connectivity index is 2.85. The maximum atomic E-state index is 11.7. The molecule has 17 heavy (non-hydrogen) atoms. The van der Waals surface area contributed by atoms with Gasteiger partial charge >= 0.3 is 5.97 Å². The van der Waals surface area contributed by atoms with E-state index in [1.165, 1.54) is 6.07 Å². The molecule has 1 amide bonds. The van der Waals surface area contributed by atoms with Crippen LogP contribution in [0.5, 0.6) is 0 Å². The van der Waals surface area contributed by atoms with Crippen LogP contribution in [-0.2, 0) is 4.79 Å². The molecule has 0 aliphatic heterocycles. The number of carbonyl (C=O) groups is 2. The number of aliphatic carboxylic acids is 1. The second kappa shape index (κ2) is 5.80. The Morgan fingerprint density at radius 3 is 2.59 bits per heavy atom. The van der Waals surface area contributed by atoms with Gasteiger partial charge in [-0.25, -0.2) is 0 Å². The molecule has 0 radical (unpaired) electrons. The van der Waals surface area contributed by atoms with Crippen molar-refractivity contribution in [1.29, 1.82) is 0 Å². The lowest BCUT2D eigenvalue weighted by Gasteiger charge is -2.09. The van der Waals surface area contributed by atoms with Crippen molar-refractivity contribution in [2.45, 2.75) is 0 Å². The topological polar surface area (TPSA) is 104 Å². The Bertz CT molecular complexity index is 462. The molecule has 0 spiro atoms. The monoisotopic (exact) mass is 253 g/mol. The molecule has 0 atom stereocenters. The zero-order valence-electron chi connectivity index (χ0n) is 8.77. The highest BCUT2D eigenvalue weighted by molar-refractivity contribution is 7.80. The zero-order valence-corrected chi connectivity index (χ0v) is 9.58. The fourth-order valence-electron chi connectivity index (χ4n) is 1.17. The first-order valence-electron chi connectivity index (χ1n) is 4.66. The predicted octanol–water partition coefficient (Wildman–Crippen LogP) is 0.156. The average Bonchev–Trinajstić information content (AvgIpc) is 2.25. The van der Waals surface area contributed by atoms with E-state index in [1.807, 2.05) is 0 Å². The van der Waals surface area contributed by atoms with Crippen LogP contribution in [-0.4, -0.2) is 28.6 Å². The molecule has 0 unspecified atom stereocenters. The van der Waals surface area contributed by atoms with Crippen LogP contribution in [0.1, 0.15) is 10.4 Å². The van der Waals surface area contributed by atoms with Crippen LogP contribution in [0, 0.1) is 0 Å². The van der Waals surface area contributed by atoms with Crippen LogP contribution in [0.2, 0.25) is 0 Å². The smallest absolute Gasteiger partial charge is 0.322 e. The van der Waals surface area contributed by atoms with Gasteiger partial charge in [0.1, 0.15) is 6.54 Å². The quantitative estimate of drug-likeness (QED) is 0.570. The van der Waals surface area contributed by atoms with Crippen molar-refractivity contribution in [3.8, 4) is 0 Å². The summed E-state index contributed by atoms with van der Waals surface area (Å²) in [4.78, 5) is 22.0. The summed E-state index contributed by atoms with van der Waals surface area (Å²) >= 11 is 4.67. The second-order valence-electron chi connectivity index (χ2n) is 3.11. The van der Waals surface area contributed by atoms with E-state index in [0.29, 0.717) is 5.69 Å². The Labute approximate surface area is 103 Å². The molecule has 1 rings (SSSR count). The Kier molecular flexibility index (Phi) is 4.41. The first kappa shape index (κ1) is 12.9. The van der Waals surface area contributed by atoms with Crippen molar-refractivity contribution in [2.24, 2.45) is 5.73 Å². The Morgan fingerprint density at radius 2 is 2.00 bits per heavy atom. The lowest BCUT2D eigenvalue weighted by Crippen LogP contribution is -2.30. The molecule has 5 N–H and O–H groups in total. The van der Waals surface area contributed by atoms with Gasteiger partial charge in [0.05, 0.1) is 11.3 Å². The van der Waals surface area contributed by atoms with Gasteiger partial charge in [-0.05, 0) is 24.4 Å². The zero-order chi connectivity index (χ0) is 12.8. The molecule has 0 aromatic heterocycles. The number of nitrogens with one attached hydrogen (secondary N) is 2. The third-order valence-electron chi connectivity index (χ3n) is 1.83. The molecule has 1 aromatic rings. The number of hydrogen-bond donors (Lipinski definition) is 4. The van der Waals surface area contributed by atoms with Crippen LogP contribution in [0.25, 0.3) is 0 Å². The minimum atomic E-state index is -1.11. The SMILES string of the molecule is NC(=S)Nc1ccccc1C(=O)NCC(=O)O. The summed E-state index contributed by atoms with van der Waals surface area (Å²) < 4.78 is 0. The standard InChI is InChI=1S/C10H11N3O3S/c11-10(17)13-7-4-2-1-3-6(7)9(16)12-5-8(14)15/h1-4H,5H2,(H,12,16)(H,14,15)(H3,11,13,17). The normalized spacial score (nSPS) is 9.41. The summed E-state index contributed by atoms with van der Waals surface area (Å²) in [6, 6.07) is 6.52. The van der Waals surface area contributed by atoms with E-state index in [4.69, 9.17) is 10.8 Å². The lowest BCUT2D eigenvalue weighted by atomic mass is 10.1. The van der Waals surface area contributed by atoms with Gasteiger partial charge in [0, 0.05) is 0 Å². The number of carboxylic acid groups (broad SMARTS) is 1.